The van der Waals surface area contributed by atoms with Gasteiger partial charge < -0.3 is 5.73 Å². The molecule has 1 aliphatic carbocycles. The Balaban J connectivity index is 2.00. The monoisotopic (exact) mass is 216 g/mol. The van der Waals surface area contributed by atoms with Crippen molar-refractivity contribution in [3.63, 3.8) is 0 Å². The van der Waals surface area contributed by atoms with Gasteiger partial charge in [0, 0.05) is 6.20 Å². The van der Waals surface area contributed by atoms with E-state index in [0.29, 0.717) is 5.13 Å². The van der Waals surface area contributed by atoms with Crippen LogP contribution >= 0.6 is 11.3 Å². The number of hydrogen-bond acceptors (Lipinski definition) is 3. The highest BCUT2D eigenvalue weighted by atomic mass is 32.1. The average Bonchev–Trinajstić information content (AvgIpc) is 3.02. The number of aromatic nitrogens is 1. The van der Waals surface area contributed by atoms with Crippen LogP contribution in [0.25, 0.3) is 10.4 Å². The van der Waals surface area contributed by atoms with Gasteiger partial charge in [-0.25, -0.2) is 4.98 Å². The molecule has 2 N–H and O–H groups in total. The molecule has 1 heterocycles. The zero-order valence-electron chi connectivity index (χ0n) is 8.31. The second-order valence-corrected chi connectivity index (χ2v) is 5.02. The molecule has 2 nitrogen and oxygen atoms in total. The largest absolute Gasteiger partial charge is 0.375 e. The average molecular weight is 216 g/mol. The van der Waals surface area contributed by atoms with Crippen LogP contribution in [0.15, 0.2) is 30.5 Å². The number of hydrogen-bond donors (Lipinski definition) is 1. The normalized spacial score (nSPS) is 15.5. The van der Waals surface area contributed by atoms with Gasteiger partial charge in [0.1, 0.15) is 0 Å². The van der Waals surface area contributed by atoms with Gasteiger partial charge in [0.25, 0.3) is 0 Å². The van der Waals surface area contributed by atoms with Gasteiger partial charge in [-0.1, -0.05) is 35.6 Å². The van der Waals surface area contributed by atoms with Crippen molar-refractivity contribution in [3.05, 3.63) is 36.0 Å². The van der Waals surface area contributed by atoms with Crippen molar-refractivity contribution >= 4 is 16.5 Å². The van der Waals surface area contributed by atoms with E-state index in [-0.39, 0.29) is 0 Å². The number of nitrogens with two attached hydrogens (primary N) is 1. The molecule has 76 valence electrons. The third-order valence-corrected chi connectivity index (χ3v) is 3.62. The number of nitrogen functional groups attached to an aromatic ring is 1. The predicted octanol–water partition coefficient (Wildman–Crippen LogP) is 3.27. The number of anilines is 1. The smallest absolute Gasteiger partial charge is 0.180 e. The van der Waals surface area contributed by atoms with Crippen LogP contribution in [0, 0.1) is 0 Å². The first-order chi connectivity index (χ1) is 7.33. The van der Waals surface area contributed by atoms with E-state index in [2.05, 4.69) is 29.2 Å². The van der Waals surface area contributed by atoms with E-state index in [4.69, 9.17) is 5.73 Å². The highest BCUT2D eigenvalue weighted by molar-refractivity contribution is 7.18. The third kappa shape index (κ3) is 1.75. The zero-order chi connectivity index (χ0) is 10.3. The first-order valence-corrected chi connectivity index (χ1v) is 5.96. The van der Waals surface area contributed by atoms with Crippen LogP contribution in [0.4, 0.5) is 5.13 Å². The first kappa shape index (κ1) is 8.92. The maximum Gasteiger partial charge on any atom is 0.180 e. The molecule has 0 bridgehead atoms. The van der Waals surface area contributed by atoms with Crippen LogP contribution in [0.1, 0.15) is 24.3 Å². The topological polar surface area (TPSA) is 38.9 Å². The molecule has 3 heteroatoms. The molecule has 1 aliphatic rings. The molecule has 1 fully saturated rings. The lowest BCUT2D eigenvalue weighted by Gasteiger charge is -2.00. The van der Waals surface area contributed by atoms with E-state index in [1.165, 1.54) is 24.0 Å². The Hall–Kier alpha value is -1.35. The SMILES string of the molecule is Nc1ncc(-c2cccc(C3CC3)c2)s1. The van der Waals surface area contributed by atoms with Crippen molar-refractivity contribution < 1.29 is 0 Å². The molecule has 0 spiro atoms. The molecule has 0 saturated heterocycles. The highest BCUT2D eigenvalue weighted by Gasteiger charge is 2.23. The fraction of sp³-hybridized carbons (Fsp3) is 0.250. The summed E-state index contributed by atoms with van der Waals surface area (Å²) in [5.41, 5.74) is 8.34. The lowest BCUT2D eigenvalue weighted by atomic mass is 10.1. The summed E-state index contributed by atoms with van der Waals surface area (Å²) < 4.78 is 0. The van der Waals surface area contributed by atoms with Crippen LogP contribution in [0.2, 0.25) is 0 Å². The van der Waals surface area contributed by atoms with E-state index in [1.54, 1.807) is 11.3 Å². The van der Waals surface area contributed by atoms with Gasteiger partial charge in [-0.2, -0.15) is 0 Å². The molecule has 0 unspecified atom stereocenters. The molecular weight excluding hydrogens is 204 g/mol. The molecule has 2 aromatic rings. The van der Waals surface area contributed by atoms with Gasteiger partial charge >= 0.3 is 0 Å². The molecule has 1 aromatic heterocycles. The maximum atomic E-state index is 5.63. The molecule has 0 aliphatic heterocycles. The Morgan fingerprint density at radius 1 is 1.33 bits per heavy atom. The zero-order valence-corrected chi connectivity index (χ0v) is 9.13. The molecule has 15 heavy (non-hydrogen) atoms. The van der Waals surface area contributed by atoms with Gasteiger partial charge in [-0.3, -0.25) is 0 Å². The summed E-state index contributed by atoms with van der Waals surface area (Å²) in [6.07, 6.45) is 4.54. The van der Waals surface area contributed by atoms with Crippen molar-refractivity contribution in [3.8, 4) is 10.4 Å². The number of rotatable bonds is 2. The Morgan fingerprint density at radius 2 is 2.20 bits per heavy atom. The Bertz CT molecular complexity index is 486. The van der Waals surface area contributed by atoms with Crippen molar-refractivity contribution in [2.75, 3.05) is 5.73 Å². The van der Waals surface area contributed by atoms with Crippen molar-refractivity contribution in [1.82, 2.24) is 4.98 Å². The summed E-state index contributed by atoms with van der Waals surface area (Å²) in [5.74, 6) is 0.801. The minimum absolute atomic E-state index is 0.641. The molecule has 0 amide bonds. The molecule has 0 radical (unpaired) electrons. The van der Waals surface area contributed by atoms with Crippen LogP contribution in [-0.4, -0.2) is 4.98 Å². The highest BCUT2D eigenvalue weighted by Crippen LogP contribution is 2.41. The van der Waals surface area contributed by atoms with Crippen LogP contribution in [-0.2, 0) is 0 Å². The van der Waals surface area contributed by atoms with Gasteiger partial charge in [0.05, 0.1) is 4.88 Å². The summed E-state index contributed by atoms with van der Waals surface area (Å²) >= 11 is 1.55. The molecule has 3 rings (SSSR count). The fourth-order valence-corrected chi connectivity index (χ4v) is 2.46. The summed E-state index contributed by atoms with van der Waals surface area (Å²) in [4.78, 5) is 5.24. The van der Waals surface area contributed by atoms with Crippen LogP contribution < -0.4 is 5.73 Å². The third-order valence-electron chi connectivity index (χ3n) is 2.74. The van der Waals surface area contributed by atoms with E-state index < -0.39 is 0 Å². The summed E-state index contributed by atoms with van der Waals surface area (Å²) in [5, 5.41) is 0.641. The van der Waals surface area contributed by atoms with Crippen molar-refractivity contribution in [1.29, 1.82) is 0 Å². The van der Waals surface area contributed by atoms with Gasteiger partial charge in [0.2, 0.25) is 0 Å². The molecule has 1 saturated carbocycles. The lowest BCUT2D eigenvalue weighted by Crippen LogP contribution is -1.79. The first-order valence-electron chi connectivity index (χ1n) is 5.14. The Labute approximate surface area is 92.8 Å². The minimum Gasteiger partial charge on any atom is -0.375 e. The van der Waals surface area contributed by atoms with E-state index >= 15 is 0 Å². The van der Waals surface area contributed by atoms with Crippen LogP contribution in [0.5, 0.6) is 0 Å². The standard InChI is InChI=1S/C12H12N2S/c13-12-14-7-11(15-12)10-3-1-2-9(6-10)8-4-5-8/h1-3,6-8H,4-5H2,(H2,13,14). The quantitative estimate of drug-likeness (QED) is 0.836. The van der Waals surface area contributed by atoms with Crippen LogP contribution in [0.3, 0.4) is 0 Å². The molecule has 0 atom stereocenters. The second kappa shape index (κ2) is 3.35. The summed E-state index contributed by atoms with van der Waals surface area (Å²) in [6.45, 7) is 0. The Morgan fingerprint density at radius 3 is 2.87 bits per heavy atom. The van der Waals surface area contributed by atoms with Crippen molar-refractivity contribution in [2.45, 2.75) is 18.8 Å². The van der Waals surface area contributed by atoms with E-state index in [1.807, 2.05) is 6.20 Å². The summed E-state index contributed by atoms with van der Waals surface area (Å²) in [7, 11) is 0. The van der Waals surface area contributed by atoms with E-state index in [0.717, 1.165) is 10.8 Å². The fourth-order valence-electron chi connectivity index (χ4n) is 1.78. The number of nitrogens with zero attached hydrogens (tertiary/aromatic N) is 1. The minimum atomic E-state index is 0.641. The second-order valence-electron chi connectivity index (χ2n) is 3.96. The van der Waals surface area contributed by atoms with E-state index in [9.17, 15) is 0 Å². The van der Waals surface area contributed by atoms with Gasteiger partial charge in [-0.15, -0.1) is 0 Å². The maximum absolute atomic E-state index is 5.63. The number of benzene rings is 1. The molecular formula is C12H12N2S. The Kier molecular flexibility index (Phi) is 1.99. The van der Waals surface area contributed by atoms with Crippen molar-refractivity contribution in [2.24, 2.45) is 0 Å². The lowest BCUT2D eigenvalue weighted by molar-refractivity contribution is 1.13. The number of thiazole rings is 1. The van der Waals surface area contributed by atoms with Gasteiger partial charge in [0.15, 0.2) is 5.13 Å². The van der Waals surface area contributed by atoms with Gasteiger partial charge in [-0.05, 0) is 29.9 Å². The summed E-state index contributed by atoms with van der Waals surface area (Å²) in [6, 6.07) is 8.73. The molecule has 1 aromatic carbocycles. The predicted molar refractivity (Wildman–Crippen MR) is 63.9 cm³/mol.